The van der Waals surface area contributed by atoms with Gasteiger partial charge in [0.1, 0.15) is 5.15 Å². The van der Waals surface area contributed by atoms with Crippen molar-refractivity contribution in [3.8, 4) is 0 Å². The number of carbonyl (C=O) groups is 1. The van der Waals surface area contributed by atoms with Gasteiger partial charge in [0, 0.05) is 31.5 Å². The minimum atomic E-state index is -0.00502. The van der Waals surface area contributed by atoms with Crippen LogP contribution in [-0.4, -0.2) is 42.6 Å². The number of carbonyl (C=O) groups excluding carboxylic acids is 1. The number of nitrogens with zero attached hydrogens (tertiary/aromatic N) is 2. The molecule has 0 spiro atoms. The largest absolute Gasteiger partial charge is 0.381 e. The third-order valence-electron chi connectivity index (χ3n) is 3.59. The topological polar surface area (TPSA) is 42.4 Å². The van der Waals surface area contributed by atoms with Crippen LogP contribution >= 0.6 is 11.6 Å². The van der Waals surface area contributed by atoms with Crippen molar-refractivity contribution in [1.29, 1.82) is 0 Å². The summed E-state index contributed by atoms with van der Waals surface area (Å²) in [5.74, 6) is 0.426. The van der Waals surface area contributed by atoms with Crippen LogP contribution in [0, 0.1) is 5.92 Å². The van der Waals surface area contributed by atoms with Crippen LogP contribution in [0.2, 0.25) is 5.15 Å². The molecule has 1 saturated heterocycles. The molecular weight excluding hydrogens is 276 g/mol. The molecule has 0 radical (unpaired) electrons. The van der Waals surface area contributed by atoms with Gasteiger partial charge in [0.05, 0.1) is 6.61 Å². The summed E-state index contributed by atoms with van der Waals surface area (Å²) in [5.41, 5.74) is 1.45. The van der Waals surface area contributed by atoms with E-state index in [0.717, 1.165) is 44.7 Å². The molecule has 1 aromatic rings. The number of aromatic nitrogens is 1. The highest BCUT2D eigenvalue weighted by molar-refractivity contribution is 6.29. The predicted octanol–water partition coefficient (Wildman–Crippen LogP) is 2.80. The number of hydrogen-bond donors (Lipinski definition) is 0. The molecule has 5 heteroatoms. The lowest BCUT2D eigenvalue weighted by Crippen LogP contribution is -2.35. The zero-order chi connectivity index (χ0) is 14.5. The zero-order valence-corrected chi connectivity index (χ0v) is 12.8. The summed E-state index contributed by atoms with van der Waals surface area (Å²) >= 11 is 5.97. The van der Waals surface area contributed by atoms with E-state index in [-0.39, 0.29) is 5.91 Å². The average Bonchev–Trinajstić information content (AvgIpc) is 2.46. The van der Waals surface area contributed by atoms with Gasteiger partial charge in [-0.25, -0.2) is 4.98 Å². The van der Waals surface area contributed by atoms with E-state index in [1.165, 1.54) is 0 Å². The maximum absolute atomic E-state index is 12.4. The molecule has 0 saturated carbocycles. The van der Waals surface area contributed by atoms with Crippen LogP contribution in [0.1, 0.15) is 35.8 Å². The average molecular weight is 297 g/mol. The van der Waals surface area contributed by atoms with E-state index in [2.05, 4.69) is 4.98 Å². The fourth-order valence-electron chi connectivity index (χ4n) is 2.50. The van der Waals surface area contributed by atoms with E-state index < -0.39 is 0 Å². The summed E-state index contributed by atoms with van der Waals surface area (Å²) in [4.78, 5) is 18.4. The van der Waals surface area contributed by atoms with E-state index in [0.29, 0.717) is 16.6 Å². The quantitative estimate of drug-likeness (QED) is 0.802. The SMILES string of the molecule is CCc1cc(C(=O)N(C)CC2CCCOC2)cc(Cl)n1. The first kappa shape index (κ1) is 15.3. The van der Waals surface area contributed by atoms with E-state index in [1.807, 2.05) is 20.0 Å². The number of halogens is 1. The van der Waals surface area contributed by atoms with Crippen molar-refractivity contribution in [1.82, 2.24) is 9.88 Å². The fraction of sp³-hybridized carbons (Fsp3) is 0.600. The lowest BCUT2D eigenvalue weighted by Gasteiger charge is -2.27. The molecule has 0 N–H and O–H groups in total. The minimum absolute atomic E-state index is 0.00502. The van der Waals surface area contributed by atoms with Crippen LogP contribution in [0.15, 0.2) is 12.1 Å². The van der Waals surface area contributed by atoms with Crippen molar-refractivity contribution in [2.24, 2.45) is 5.92 Å². The lowest BCUT2D eigenvalue weighted by atomic mass is 10.0. The van der Waals surface area contributed by atoms with E-state index in [9.17, 15) is 4.79 Å². The molecule has 0 aliphatic carbocycles. The highest BCUT2D eigenvalue weighted by atomic mass is 35.5. The Balaban J connectivity index is 2.03. The van der Waals surface area contributed by atoms with Gasteiger partial charge < -0.3 is 9.64 Å². The summed E-state index contributed by atoms with van der Waals surface area (Å²) in [6, 6.07) is 3.46. The summed E-state index contributed by atoms with van der Waals surface area (Å²) in [6.07, 6.45) is 2.96. The fourth-order valence-corrected chi connectivity index (χ4v) is 2.72. The number of ether oxygens (including phenoxy) is 1. The van der Waals surface area contributed by atoms with E-state index in [4.69, 9.17) is 16.3 Å². The maximum atomic E-state index is 12.4. The molecule has 0 bridgehead atoms. The van der Waals surface area contributed by atoms with E-state index >= 15 is 0 Å². The molecule has 110 valence electrons. The van der Waals surface area contributed by atoms with Crippen molar-refractivity contribution >= 4 is 17.5 Å². The zero-order valence-electron chi connectivity index (χ0n) is 12.1. The first-order valence-corrected chi connectivity index (χ1v) is 7.47. The standard InChI is InChI=1S/C15H21ClN2O2/c1-3-13-7-12(8-14(16)17-13)15(19)18(2)9-11-5-4-6-20-10-11/h7-8,11H,3-6,9-10H2,1-2H3. The molecule has 1 unspecified atom stereocenters. The Morgan fingerprint density at radius 1 is 1.55 bits per heavy atom. The molecule has 1 fully saturated rings. The number of aryl methyl sites for hydroxylation is 1. The van der Waals surface area contributed by atoms with Crippen LogP contribution < -0.4 is 0 Å². The first-order chi connectivity index (χ1) is 9.60. The summed E-state index contributed by atoms with van der Waals surface area (Å²) in [6.45, 7) is 4.30. The van der Waals surface area contributed by atoms with Gasteiger partial charge in [0.25, 0.3) is 5.91 Å². The first-order valence-electron chi connectivity index (χ1n) is 7.09. The second kappa shape index (κ2) is 7.04. The van der Waals surface area contributed by atoms with Crippen LogP contribution in [0.3, 0.4) is 0 Å². The number of hydrogen-bond acceptors (Lipinski definition) is 3. The molecule has 4 nitrogen and oxygen atoms in total. The summed E-state index contributed by atoms with van der Waals surface area (Å²) in [7, 11) is 1.83. The molecule has 0 aromatic carbocycles. The number of amides is 1. The third-order valence-corrected chi connectivity index (χ3v) is 3.78. The summed E-state index contributed by atoms with van der Waals surface area (Å²) in [5, 5.41) is 0.377. The van der Waals surface area contributed by atoms with Crippen molar-refractivity contribution < 1.29 is 9.53 Å². The smallest absolute Gasteiger partial charge is 0.253 e. The van der Waals surface area contributed by atoms with Crippen LogP contribution in [0.4, 0.5) is 0 Å². The monoisotopic (exact) mass is 296 g/mol. The predicted molar refractivity (Wildman–Crippen MR) is 79.1 cm³/mol. The van der Waals surface area contributed by atoms with Gasteiger partial charge in [-0.2, -0.15) is 0 Å². The van der Waals surface area contributed by atoms with Gasteiger partial charge in [0.15, 0.2) is 0 Å². The van der Waals surface area contributed by atoms with Gasteiger partial charge in [-0.3, -0.25) is 4.79 Å². The maximum Gasteiger partial charge on any atom is 0.253 e. The van der Waals surface area contributed by atoms with Gasteiger partial charge in [-0.1, -0.05) is 18.5 Å². The van der Waals surface area contributed by atoms with Crippen molar-refractivity contribution in [2.75, 3.05) is 26.8 Å². The Morgan fingerprint density at radius 3 is 3.00 bits per heavy atom. The van der Waals surface area contributed by atoms with Crippen molar-refractivity contribution in [3.63, 3.8) is 0 Å². The molecular formula is C15H21ClN2O2. The Bertz CT molecular complexity index is 473. The van der Waals surface area contributed by atoms with Crippen LogP contribution in [-0.2, 0) is 11.2 Å². The molecule has 20 heavy (non-hydrogen) atoms. The van der Waals surface area contributed by atoms with Gasteiger partial charge in [0.2, 0.25) is 0 Å². The normalized spacial score (nSPS) is 18.9. The van der Waals surface area contributed by atoms with Crippen LogP contribution in [0.25, 0.3) is 0 Å². The van der Waals surface area contributed by atoms with Gasteiger partial charge in [-0.15, -0.1) is 0 Å². The van der Waals surface area contributed by atoms with E-state index in [1.54, 1.807) is 11.0 Å². The molecule has 2 rings (SSSR count). The minimum Gasteiger partial charge on any atom is -0.381 e. The molecule has 1 atom stereocenters. The molecule has 2 heterocycles. The lowest BCUT2D eigenvalue weighted by molar-refractivity contribution is 0.0388. The second-order valence-electron chi connectivity index (χ2n) is 5.29. The summed E-state index contributed by atoms with van der Waals surface area (Å²) < 4.78 is 5.45. The molecule has 1 amide bonds. The van der Waals surface area contributed by atoms with Crippen molar-refractivity contribution in [2.45, 2.75) is 26.2 Å². The van der Waals surface area contributed by atoms with Crippen molar-refractivity contribution in [3.05, 3.63) is 28.5 Å². The molecule has 1 aromatic heterocycles. The number of pyridine rings is 1. The Labute approximate surface area is 125 Å². The number of rotatable bonds is 4. The Kier molecular flexibility index (Phi) is 5.38. The third kappa shape index (κ3) is 3.93. The second-order valence-corrected chi connectivity index (χ2v) is 5.68. The van der Waals surface area contributed by atoms with Gasteiger partial charge >= 0.3 is 0 Å². The highest BCUT2D eigenvalue weighted by Gasteiger charge is 2.20. The highest BCUT2D eigenvalue weighted by Crippen LogP contribution is 2.17. The Morgan fingerprint density at radius 2 is 2.35 bits per heavy atom. The molecule has 1 aliphatic heterocycles. The van der Waals surface area contributed by atoms with Gasteiger partial charge in [-0.05, 0) is 37.3 Å². The van der Waals surface area contributed by atoms with Crippen LogP contribution in [0.5, 0.6) is 0 Å². The molecule has 1 aliphatic rings. The Hall–Kier alpha value is -1.13.